The molecule has 12 nitrogen and oxygen atoms in total. The summed E-state index contributed by atoms with van der Waals surface area (Å²) in [6.45, 7) is 0. The maximum Gasteiger partial charge on any atom is 0.164 e. The summed E-state index contributed by atoms with van der Waals surface area (Å²) in [5.41, 5.74) is 19.1. The van der Waals surface area contributed by atoms with Gasteiger partial charge in [-0.25, -0.2) is 44.9 Å². The molecule has 0 radical (unpaired) electrons. The van der Waals surface area contributed by atoms with Gasteiger partial charge < -0.3 is 13.7 Å². The Bertz CT molecular complexity index is 9980. The Hall–Kier alpha value is -18.5. The van der Waals surface area contributed by atoms with Gasteiger partial charge in [0.05, 0.1) is 42.5 Å². The minimum absolute atomic E-state index is 0.647. The molecule has 0 saturated carbocycles. The maximum absolute atomic E-state index is 4.96. The average Bonchev–Trinajstić information content (AvgIpc) is 1.55. The van der Waals surface area contributed by atoms with Gasteiger partial charge in [-0.3, -0.25) is 0 Å². The van der Waals surface area contributed by atoms with E-state index in [4.69, 9.17) is 44.9 Å². The number of aromatic nitrogens is 12. The van der Waals surface area contributed by atoms with Crippen molar-refractivity contribution in [3.05, 3.63) is 473 Å². The predicted molar refractivity (Wildman–Crippen MR) is 603 cm³/mol. The van der Waals surface area contributed by atoms with Crippen LogP contribution >= 0.6 is 34.0 Å². The first-order chi connectivity index (χ1) is 71.4. The summed E-state index contributed by atoms with van der Waals surface area (Å²) in [7, 11) is 0. The summed E-state index contributed by atoms with van der Waals surface area (Å²) >= 11 is 5.65. The highest BCUT2D eigenvalue weighted by Crippen LogP contribution is 2.52. The molecular weight excluding hydrogens is 1810 g/mol. The van der Waals surface area contributed by atoms with Crippen molar-refractivity contribution in [2.24, 2.45) is 0 Å². The Kier molecular flexibility index (Phi) is 20.2. The minimum atomic E-state index is 0.647. The molecule has 0 N–H and O–H groups in total. The molecule has 0 saturated heterocycles. The van der Waals surface area contributed by atoms with Crippen LogP contribution in [0.1, 0.15) is 0 Å². The monoisotopic (exact) mass is 1890 g/mol. The van der Waals surface area contributed by atoms with Gasteiger partial charge in [0.25, 0.3) is 0 Å². The Morgan fingerprint density at radius 2 is 0.417 bits per heavy atom. The molecule has 0 unspecified atom stereocenters. The van der Waals surface area contributed by atoms with E-state index in [1.165, 1.54) is 158 Å². The number of rotatable bonds is 12. The van der Waals surface area contributed by atoms with Crippen molar-refractivity contribution in [2.45, 2.75) is 0 Å². The van der Waals surface area contributed by atoms with Gasteiger partial charge in [-0.2, -0.15) is 0 Å². The fraction of sp³-hybridized carbons (Fsp3) is 0. The molecule has 0 aliphatic heterocycles. The lowest BCUT2D eigenvalue weighted by molar-refractivity contribution is 1.07. The fourth-order valence-electron chi connectivity index (χ4n) is 21.2. The van der Waals surface area contributed by atoms with E-state index in [0.717, 1.165) is 67.1 Å². The number of fused-ring (bicyclic) bond motifs is 29. The first-order valence-corrected chi connectivity index (χ1v) is 50.6. The largest absolute Gasteiger partial charge is 0.309 e. The van der Waals surface area contributed by atoms with E-state index in [1.54, 1.807) is 0 Å². The van der Waals surface area contributed by atoms with Crippen LogP contribution < -0.4 is 0 Å². The summed E-state index contributed by atoms with van der Waals surface area (Å²) in [4.78, 5) is 44.4. The normalized spacial score (nSPS) is 11.8. The number of para-hydroxylation sites is 2. The van der Waals surface area contributed by atoms with Gasteiger partial charge in [-0.05, 0) is 136 Å². The van der Waals surface area contributed by atoms with Crippen molar-refractivity contribution in [1.29, 1.82) is 0 Å². The summed E-state index contributed by atoms with van der Waals surface area (Å²) in [5.74, 6) is 5.89. The molecule has 0 bridgehead atoms. The van der Waals surface area contributed by atoms with Crippen LogP contribution in [0.5, 0.6) is 0 Å². The van der Waals surface area contributed by atoms with Gasteiger partial charge in [0.2, 0.25) is 0 Å². The molecule has 0 amide bonds. The number of hydrogen-bond acceptors (Lipinski definition) is 12. The second-order valence-corrected chi connectivity index (χ2v) is 39.2. The highest BCUT2D eigenvalue weighted by Gasteiger charge is 2.28. The van der Waals surface area contributed by atoms with Crippen LogP contribution in [-0.4, -0.2) is 58.6 Å². The zero-order valence-corrected chi connectivity index (χ0v) is 79.6. The Labute approximate surface area is 837 Å². The van der Waals surface area contributed by atoms with Gasteiger partial charge in [-0.15, -0.1) is 34.0 Å². The molecule has 21 aromatic carbocycles. The molecule has 144 heavy (non-hydrogen) atoms. The first-order valence-electron chi connectivity index (χ1n) is 48.1. The summed E-state index contributed by atoms with van der Waals surface area (Å²) < 4.78 is 15.2. The van der Waals surface area contributed by atoms with Crippen LogP contribution in [0.4, 0.5) is 0 Å². The standard InChI is InChI=1S/3C43H26N4S/c1-3-13-27(14-4-1)41-44-42(28-15-5-2-6-16-28)46-43(45-41)29-23-25-30(26-24-29)47-35-21-11-9-19-33(35)38-39(47)32-18-8-7-17-31(32)37-34-20-10-12-22-36(34)48-40(37)38;1-3-13-27(14-4-1)41-44-42(28-15-5-2-6-16-28)46-43(45-41)29-23-25-30(26-24-29)47-35-21-11-9-19-33(35)37-31-17-7-8-18-32(31)38-34-20-10-12-22-36(34)48-40(38)39(37)47;1-3-12-28(13-4-1)41-44-42(29-14-5-2-6-15-29)46-43(45-41)30-19-22-31(23-20-30)47-36-26-21-27-11-7-8-16-32(27)38(36)35-25-24-34-33-17-9-10-18-37(33)48-40(34)39(35)47/h3*1-26H. The smallest absolute Gasteiger partial charge is 0.164 e. The third-order valence-electron chi connectivity index (χ3n) is 27.7. The third kappa shape index (κ3) is 14.2. The van der Waals surface area contributed by atoms with Crippen LogP contribution in [0.3, 0.4) is 0 Å². The lowest BCUT2D eigenvalue weighted by atomic mass is 9.99. The lowest BCUT2D eigenvalue weighted by Crippen LogP contribution is -2.00. The number of hydrogen-bond donors (Lipinski definition) is 0. The second kappa shape index (κ2) is 34.8. The zero-order valence-electron chi connectivity index (χ0n) is 77.1. The van der Waals surface area contributed by atoms with Crippen molar-refractivity contribution in [3.8, 4) is 120 Å². The lowest BCUT2D eigenvalue weighted by Gasteiger charge is -2.12. The molecule has 30 rings (SSSR count). The zero-order chi connectivity index (χ0) is 94.8. The molecule has 9 heterocycles. The van der Waals surface area contributed by atoms with E-state index in [9.17, 15) is 0 Å². The van der Waals surface area contributed by atoms with Crippen LogP contribution in [0, 0.1) is 0 Å². The summed E-state index contributed by atoms with van der Waals surface area (Å²) in [6.07, 6.45) is 0. The van der Waals surface area contributed by atoms with E-state index >= 15 is 0 Å². The summed E-state index contributed by atoms with van der Waals surface area (Å²) in [6, 6.07) is 166. The topological polar surface area (TPSA) is 131 Å². The van der Waals surface area contributed by atoms with Crippen LogP contribution in [0.2, 0.25) is 0 Å². The van der Waals surface area contributed by atoms with Crippen molar-refractivity contribution < 1.29 is 0 Å². The summed E-state index contributed by atoms with van der Waals surface area (Å²) in [5, 5.41) is 23.2. The van der Waals surface area contributed by atoms with Gasteiger partial charge in [0.15, 0.2) is 52.4 Å². The van der Waals surface area contributed by atoms with Crippen molar-refractivity contribution >= 4 is 192 Å². The molecular formula is C129H78N12S3. The molecule has 15 heteroatoms. The third-order valence-corrected chi connectivity index (χ3v) is 31.3. The molecule has 0 fully saturated rings. The molecule has 9 aromatic heterocycles. The molecule has 0 atom stereocenters. The molecule has 0 aliphatic rings. The predicted octanol–water partition coefficient (Wildman–Crippen LogP) is 34.5. The van der Waals surface area contributed by atoms with Gasteiger partial charge in [0.1, 0.15) is 0 Å². The Morgan fingerprint density at radius 1 is 0.139 bits per heavy atom. The molecule has 0 spiro atoms. The number of nitrogens with zero attached hydrogens (tertiary/aromatic N) is 12. The van der Waals surface area contributed by atoms with Gasteiger partial charge >= 0.3 is 0 Å². The number of thiophene rings is 3. The highest BCUT2D eigenvalue weighted by atomic mass is 32.1. The minimum Gasteiger partial charge on any atom is -0.309 e. The van der Waals surface area contributed by atoms with Crippen molar-refractivity contribution in [3.63, 3.8) is 0 Å². The fourth-order valence-corrected chi connectivity index (χ4v) is 25.0. The Balaban J connectivity index is 0.000000105. The van der Waals surface area contributed by atoms with E-state index in [-0.39, 0.29) is 0 Å². The van der Waals surface area contributed by atoms with E-state index in [2.05, 4.69) is 305 Å². The van der Waals surface area contributed by atoms with E-state index in [1.807, 2.05) is 216 Å². The average molecular weight is 1890 g/mol. The van der Waals surface area contributed by atoms with E-state index in [0.29, 0.717) is 52.4 Å². The van der Waals surface area contributed by atoms with Gasteiger partial charge in [-0.1, -0.05) is 364 Å². The van der Waals surface area contributed by atoms with Crippen LogP contribution in [-0.2, 0) is 0 Å². The first kappa shape index (κ1) is 83.6. The molecule has 672 valence electrons. The number of benzene rings is 21. The SMILES string of the molecule is c1ccc(-c2nc(-c3ccccc3)nc(-c3ccc(-n4c5ccc6ccccc6c5c5ccc6c7ccccc7sc6c54)cc3)n2)cc1.c1ccc(-c2nc(-c3ccccc3)nc(-c3ccc(-n4c5ccccc5c5c6ccccc6c6c7ccccc7sc6c54)cc3)n2)cc1.c1ccc(-c2nc(-c3ccccc3)nc(-c3ccc(-n4c5ccccc5c5c6sc7ccccc7c6c6ccccc6c54)cc3)n2)cc1. The molecule has 0 aliphatic carbocycles. The van der Waals surface area contributed by atoms with Crippen LogP contribution in [0.25, 0.3) is 278 Å². The molecule has 30 aromatic rings. The Morgan fingerprint density at radius 3 is 0.833 bits per heavy atom. The second-order valence-electron chi connectivity index (χ2n) is 36.1. The van der Waals surface area contributed by atoms with E-state index < -0.39 is 0 Å². The maximum atomic E-state index is 4.96. The quantitative estimate of drug-likeness (QED) is 0.117. The highest BCUT2D eigenvalue weighted by molar-refractivity contribution is 7.28. The van der Waals surface area contributed by atoms with Gasteiger partial charge in [0, 0.05) is 156 Å². The van der Waals surface area contributed by atoms with Crippen LogP contribution in [0.15, 0.2) is 473 Å². The van der Waals surface area contributed by atoms with Crippen molar-refractivity contribution in [1.82, 2.24) is 58.6 Å². The van der Waals surface area contributed by atoms with Crippen molar-refractivity contribution in [2.75, 3.05) is 0 Å².